The quantitative estimate of drug-likeness (QED) is 0.606. The molecule has 1 fully saturated rings. The van der Waals surface area contributed by atoms with Gasteiger partial charge in [-0.2, -0.15) is 4.98 Å². The SMILES string of the molecule is Nc1nc(NCCCCOc2cccc(CN3CCCCC3)c2)n[nH]1. The van der Waals surface area contributed by atoms with Crippen molar-refractivity contribution in [2.75, 3.05) is 37.3 Å². The summed E-state index contributed by atoms with van der Waals surface area (Å²) in [6.07, 6.45) is 5.98. The first-order valence-corrected chi connectivity index (χ1v) is 9.15. The number of piperidine rings is 1. The average Bonchev–Trinajstić information content (AvgIpc) is 3.04. The molecule has 0 atom stereocenters. The van der Waals surface area contributed by atoms with Gasteiger partial charge in [0.15, 0.2) is 0 Å². The zero-order chi connectivity index (χ0) is 17.3. The van der Waals surface area contributed by atoms with Crippen molar-refractivity contribution >= 4 is 11.9 Å². The molecular formula is C18H28N6O. The van der Waals surface area contributed by atoms with Gasteiger partial charge in [0, 0.05) is 13.1 Å². The van der Waals surface area contributed by atoms with Gasteiger partial charge in [-0.25, -0.2) is 5.10 Å². The minimum absolute atomic E-state index is 0.329. The predicted molar refractivity (Wildman–Crippen MR) is 99.6 cm³/mol. The van der Waals surface area contributed by atoms with Crippen molar-refractivity contribution in [2.24, 2.45) is 0 Å². The maximum atomic E-state index is 5.89. The summed E-state index contributed by atoms with van der Waals surface area (Å²) < 4.78 is 5.89. The second kappa shape index (κ2) is 9.27. The third kappa shape index (κ3) is 5.94. The van der Waals surface area contributed by atoms with Crippen LogP contribution in [0.2, 0.25) is 0 Å². The van der Waals surface area contributed by atoms with E-state index in [-0.39, 0.29) is 0 Å². The fourth-order valence-corrected chi connectivity index (χ4v) is 3.08. The van der Waals surface area contributed by atoms with E-state index in [0.717, 1.165) is 31.7 Å². The molecule has 0 radical (unpaired) electrons. The second-order valence-electron chi connectivity index (χ2n) is 6.51. The van der Waals surface area contributed by atoms with Crippen LogP contribution in [0.4, 0.5) is 11.9 Å². The fourth-order valence-electron chi connectivity index (χ4n) is 3.08. The molecule has 3 rings (SSSR count). The van der Waals surface area contributed by atoms with Gasteiger partial charge in [0.25, 0.3) is 0 Å². The van der Waals surface area contributed by atoms with Gasteiger partial charge >= 0.3 is 0 Å². The van der Waals surface area contributed by atoms with E-state index in [2.05, 4.69) is 43.6 Å². The van der Waals surface area contributed by atoms with E-state index in [1.54, 1.807) is 0 Å². The minimum atomic E-state index is 0.329. The molecule has 2 aromatic rings. The molecule has 0 spiro atoms. The van der Waals surface area contributed by atoms with Gasteiger partial charge in [0.1, 0.15) is 5.75 Å². The number of ether oxygens (including phenoxy) is 1. The van der Waals surface area contributed by atoms with Crippen LogP contribution in [0.5, 0.6) is 5.75 Å². The highest BCUT2D eigenvalue weighted by molar-refractivity contribution is 5.29. The highest BCUT2D eigenvalue weighted by atomic mass is 16.5. The van der Waals surface area contributed by atoms with Gasteiger partial charge in [-0.05, 0) is 56.5 Å². The van der Waals surface area contributed by atoms with Crippen LogP contribution < -0.4 is 15.8 Å². The van der Waals surface area contributed by atoms with Gasteiger partial charge < -0.3 is 15.8 Å². The van der Waals surface area contributed by atoms with Crippen molar-refractivity contribution < 1.29 is 4.74 Å². The molecule has 0 saturated carbocycles. The smallest absolute Gasteiger partial charge is 0.243 e. The Hall–Kier alpha value is -2.28. The maximum absolute atomic E-state index is 5.89. The number of benzene rings is 1. The lowest BCUT2D eigenvalue weighted by molar-refractivity contribution is 0.220. The molecule has 25 heavy (non-hydrogen) atoms. The zero-order valence-corrected chi connectivity index (χ0v) is 14.7. The highest BCUT2D eigenvalue weighted by Crippen LogP contribution is 2.17. The van der Waals surface area contributed by atoms with Gasteiger partial charge in [-0.3, -0.25) is 4.90 Å². The third-order valence-corrected chi connectivity index (χ3v) is 4.38. The number of nitrogen functional groups attached to an aromatic ring is 1. The Bertz CT molecular complexity index is 638. The Labute approximate surface area is 149 Å². The Morgan fingerprint density at radius 1 is 1.20 bits per heavy atom. The Kier molecular flexibility index (Phi) is 6.50. The number of likely N-dealkylation sites (tertiary alicyclic amines) is 1. The standard InChI is InChI=1S/C18H28N6O/c19-17-21-18(23-22-17)20-9-2-5-12-25-16-8-6-7-15(13-16)14-24-10-3-1-4-11-24/h6-8,13H,1-5,9-12,14H2,(H4,19,20,21,22,23). The molecule has 136 valence electrons. The van der Waals surface area contributed by atoms with Crippen molar-refractivity contribution in [1.29, 1.82) is 0 Å². The van der Waals surface area contributed by atoms with Crippen molar-refractivity contribution in [3.8, 4) is 5.75 Å². The van der Waals surface area contributed by atoms with Gasteiger partial charge in [-0.15, -0.1) is 5.10 Å². The highest BCUT2D eigenvalue weighted by Gasteiger charge is 2.10. The van der Waals surface area contributed by atoms with Crippen LogP contribution in [0.3, 0.4) is 0 Å². The summed E-state index contributed by atoms with van der Waals surface area (Å²) >= 11 is 0. The predicted octanol–water partition coefficient (Wildman–Crippen LogP) is 2.64. The van der Waals surface area contributed by atoms with E-state index in [4.69, 9.17) is 10.5 Å². The Balaban J connectivity index is 1.33. The number of anilines is 2. The summed E-state index contributed by atoms with van der Waals surface area (Å²) in [5.41, 5.74) is 6.81. The van der Waals surface area contributed by atoms with Crippen LogP contribution in [-0.4, -0.2) is 46.3 Å². The summed E-state index contributed by atoms with van der Waals surface area (Å²) in [5, 5.41) is 9.66. The van der Waals surface area contributed by atoms with Crippen LogP contribution in [0.25, 0.3) is 0 Å². The number of hydrogen-bond donors (Lipinski definition) is 3. The van der Waals surface area contributed by atoms with Crippen molar-refractivity contribution in [3.05, 3.63) is 29.8 Å². The normalized spacial score (nSPS) is 15.2. The third-order valence-electron chi connectivity index (χ3n) is 4.38. The van der Waals surface area contributed by atoms with E-state index in [9.17, 15) is 0 Å². The number of aromatic nitrogens is 3. The lowest BCUT2D eigenvalue weighted by Gasteiger charge is -2.26. The van der Waals surface area contributed by atoms with Crippen molar-refractivity contribution in [1.82, 2.24) is 20.1 Å². The van der Waals surface area contributed by atoms with Crippen LogP contribution >= 0.6 is 0 Å². The number of aromatic amines is 1. The molecule has 1 aliphatic heterocycles. The first kappa shape index (κ1) is 17.5. The molecule has 1 saturated heterocycles. The molecule has 2 heterocycles. The molecular weight excluding hydrogens is 316 g/mol. The topological polar surface area (TPSA) is 92.1 Å². The van der Waals surface area contributed by atoms with Crippen LogP contribution in [0, 0.1) is 0 Å². The Morgan fingerprint density at radius 2 is 2.08 bits per heavy atom. The van der Waals surface area contributed by atoms with E-state index in [1.807, 2.05) is 6.07 Å². The number of nitrogens with zero attached hydrogens (tertiary/aromatic N) is 3. The molecule has 7 heteroatoms. The molecule has 7 nitrogen and oxygen atoms in total. The summed E-state index contributed by atoms with van der Waals surface area (Å²) in [4.78, 5) is 6.53. The summed E-state index contributed by atoms with van der Waals surface area (Å²) in [6.45, 7) is 4.98. The van der Waals surface area contributed by atoms with Crippen molar-refractivity contribution in [3.63, 3.8) is 0 Å². The number of nitrogens with two attached hydrogens (primary N) is 1. The van der Waals surface area contributed by atoms with Gasteiger partial charge in [0.05, 0.1) is 6.61 Å². The largest absolute Gasteiger partial charge is 0.494 e. The first-order chi connectivity index (χ1) is 12.3. The number of rotatable bonds is 9. The van der Waals surface area contributed by atoms with E-state index >= 15 is 0 Å². The van der Waals surface area contributed by atoms with Crippen molar-refractivity contribution in [2.45, 2.75) is 38.6 Å². The first-order valence-electron chi connectivity index (χ1n) is 9.15. The lowest BCUT2D eigenvalue weighted by atomic mass is 10.1. The molecule has 1 aromatic carbocycles. The molecule has 0 unspecified atom stereocenters. The van der Waals surface area contributed by atoms with Crippen LogP contribution in [0.15, 0.2) is 24.3 Å². The van der Waals surface area contributed by atoms with E-state index < -0.39 is 0 Å². The molecule has 4 N–H and O–H groups in total. The lowest BCUT2D eigenvalue weighted by Crippen LogP contribution is -2.29. The summed E-state index contributed by atoms with van der Waals surface area (Å²) in [6, 6.07) is 8.48. The molecule has 0 bridgehead atoms. The number of unbranched alkanes of at least 4 members (excludes halogenated alkanes) is 1. The number of H-pyrrole nitrogens is 1. The van der Waals surface area contributed by atoms with Crippen LogP contribution in [-0.2, 0) is 6.54 Å². The number of nitrogens with one attached hydrogen (secondary N) is 2. The summed E-state index contributed by atoms with van der Waals surface area (Å²) in [7, 11) is 0. The van der Waals surface area contributed by atoms with E-state index in [0.29, 0.717) is 18.5 Å². The Morgan fingerprint density at radius 3 is 2.88 bits per heavy atom. The van der Waals surface area contributed by atoms with Crippen LogP contribution in [0.1, 0.15) is 37.7 Å². The fraction of sp³-hybridized carbons (Fsp3) is 0.556. The molecule has 0 aliphatic carbocycles. The van der Waals surface area contributed by atoms with Gasteiger partial charge in [-0.1, -0.05) is 18.6 Å². The van der Waals surface area contributed by atoms with E-state index in [1.165, 1.54) is 37.9 Å². The molecule has 0 amide bonds. The zero-order valence-electron chi connectivity index (χ0n) is 14.7. The monoisotopic (exact) mass is 344 g/mol. The minimum Gasteiger partial charge on any atom is -0.494 e. The average molecular weight is 344 g/mol. The summed E-state index contributed by atoms with van der Waals surface area (Å²) in [5.74, 6) is 1.84. The molecule has 1 aromatic heterocycles. The maximum Gasteiger partial charge on any atom is 0.243 e. The second-order valence-corrected chi connectivity index (χ2v) is 6.51. The molecule has 1 aliphatic rings. The number of hydrogen-bond acceptors (Lipinski definition) is 6. The van der Waals surface area contributed by atoms with Gasteiger partial charge in [0.2, 0.25) is 11.9 Å².